The average Bonchev–Trinajstić information content (AvgIpc) is 3.36. The number of pyridine rings is 1. The number of hydrogen-bond acceptors (Lipinski definition) is 6. The summed E-state index contributed by atoms with van der Waals surface area (Å²) >= 11 is 0. The molecule has 0 amide bonds. The standard InChI is InChI=1S/C24H24F5N7/c25-18-5-4-17(10-19(18)26)35-8-1-9-36-23(35)32-22(33-36)31-21-14-2-3-15(21)13-34(12-14)16-6-7-30-20(11-16)24(27,28)29/h4-7,10-11,14-15,21H,1-3,8-9,12-13H2,(H,31,33)/t14-,15+,21?. The van der Waals surface area contributed by atoms with Crippen LogP contribution in [0.4, 0.5) is 45.2 Å². The third-order valence-electron chi connectivity index (χ3n) is 7.39. The first-order chi connectivity index (χ1) is 17.3. The number of aromatic nitrogens is 4. The molecule has 3 aliphatic rings. The summed E-state index contributed by atoms with van der Waals surface area (Å²) in [6.45, 7) is 2.53. The van der Waals surface area contributed by atoms with Gasteiger partial charge in [0.15, 0.2) is 11.6 Å². The van der Waals surface area contributed by atoms with Gasteiger partial charge in [0, 0.05) is 55.9 Å². The van der Waals surface area contributed by atoms with E-state index in [1.54, 1.807) is 10.7 Å². The molecular formula is C24H24F5N7. The van der Waals surface area contributed by atoms with Gasteiger partial charge in [0.05, 0.1) is 0 Å². The predicted molar refractivity (Wildman–Crippen MR) is 123 cm³/mol. The molecular weight excluding hydrogens is 481 g/mol. The van der Waals surface area contributed by atoms with E-state index >= 15 is 0 Å². The molecule has 0 radical (unpaired) electrons. The van der Waals surface area contributed by atoms with Gasteiger partial charge in [-0.2, -0.15) is 18.2 Å². The van der Waals surface area contributed by atoms with Crippen LogP contribution in [0.2, 0.25) is 0 Å². The van der Waals surface area contributed by atoms with Crippen molar-refractivity contribution in [3.05, 3.63) is 53.9 Å². The van der Waals surface area contributed by atoms with Crippen LogP contribution in [-0.2, 0) is 12.7 Å². The van der Waals surface area contributed by atoms with Gasteiger partial charge in [-0.3, -0.25) is 4.98 Å². The Balaban J connectivity index is 1.19. The van der Waals surface area contributed by atoms with Crippen LogP contribution < -0.4 is 15.1 Å². The Morgan fingerprint density at radius 3 is 2.42 bits per heavy atom. The molecule has 2 aliphatic heterocycles. The van der Waals surface area contributed by atoms with Crippen LogP contribution >= 0.6 is 0 Å². The molecule has 7 nitrogen and oxygen atoms in total. The van der Waals surface area contributed by atoms with Gasteiger partial charge >= 0.3 is 6.18 Å². The van der Waals surface area contributed by atoms with Gasteiger partial charge in [-0.1, -0.05) is 0 Å². The monoisotopic (exact) mass is 505 g/mol. The van der Waals surface area contributed by atoms with Gasteiger partial charge in [-0.15, -0.1) is 5.10 Å². The molecule has 190 valence electrons. The van der Waals surface area contributed by atoms with Gasteiger partial charge < -0.3 is 15.1 Å². The number of nitrogens with one attached hydrogen (secondary N) is 1. The molecule has 1 saturated carbocycles. The smallest absolute Gasteiger partial charge is 0.371 e. The summed E-state index contributed by atoms with van der Waals surface area (Å²) in [7, 11) is 0. The number of nitrogens with zero attached hydrogens (tertiary/aromatic N) is 6. The molecule has 36 heavy (non-hydrogen) atoms. The Hall–Kier alpha value is -3.44. The molecule has 1 saturated heterocycles. The van der Waals surface area contributed by atoms with Crippen LogP contribution in [-0.4, -0.2) is 45.4 Å². The van der Waals surface area contributed by atoms with E-state index in [0.29, 0.717) is 49.5 Å². The van der Waals surface area contributed by atoms with Crippen molar-refractivity contribution in [2.45, 2.75) is 38.0 Å². The number of anilines is 4. The lowest BCUT2D eigenvalue weighted by molar-refractivity contribution is -0.141. The zero-order chi connectivity index (χ0) is 25.0. The normalized spacial score (nSPS) is 23.6. The molecule has 6 rings (SSSR count). The number of halogens is 5. The first kappa shape index (κ1) is 23.0. The number of aryl methyl sites for hydroxylation is 1. The Kier molecular flexibility index (Phi) is 5.49. The van der Waals surface area contributed by atoms with Crippen LogP contribution in [0.5, 0.6) is 0 Å². The van der Waals surface area contributed by atoms with Gasteiger partial charge in [-0.25, -0.2) is 13.5 Å². The minimum absolute atomic E-state index is 0.103. The molecule has 0 spiro atoms. The van der Waals surface area contributed by atoms with Crippen LogP contribution in [0.1, 0.15) is 25.0 Å². The highest BCUT2D eigenvalue weighted by atomic mass is 19.4. The van der Waals surface area contributed by atoms with E-state index in [0.717, 1.165) is 37.5 Å². The number of piperidine rings is 1. The predicted octanol–water partition coefficient (Wildman–Crippen LogP) is 4.84. The summed E-state index contributed by atoms with van der Waals surface area (Å²) in [6.07, 6.45) is -0.559. The van der Waals surface area contributed by atoms with E-state index in [1.165, 1.54) is 12.3 Å². The largest absolute Gasteiger partial charge is 0.433 e. The van der Waals surface area contributed by atoms with E-state index in [4.69, 9.17) is 0 Å². The first-order valence-corrected chi connectivity index (χ1v) is 12.0. The van der Waals surface area contributed by atoms with Gasteiger partial charge in [0.2, 0.25) is 11.9 Å². The molecule has 3 aromatic rings. The van der Waals surface area contributed by atoms with E-state index < -0.39 is 23.5 Å². The lowest BCUT2D eigenvalue weighted by atomic mass is 9.92. The summed E-state index contributed by atoms with van der Waals surface area (Å²) in [6, 6.07) is 6.63. The van der Waals surface area contributed by atoms with Crippen molar-refractivity contribution in [2.75, 3.05) is 34.8 Å². The average molecular weight is 505 g/mol. The Morgan fingerprint density at radius 2 is 1.69 bits per heavy atom. The Morgan fingerprint density at radius 1 is 0.917 bits per heavy atom. The highest BCUT2D eigenvalue weighted by Gasteiger charge is 2.43. The second-order valence-electron chi connectivity index (χ2n) is 9.63. The Bertz CT molecular complexity index is 1260. The maximum absolute atomic E-state index is 13.8. The molecule has 3 atom stereocenters. The van der Waals surface area contributed by atoms with Crippen molar-refractivity contribution >= 4 is 23.3 Å². The van der Waals surface area contributed by atoms with E-state index in [1.807, 2.05) is 9.80 Å². The highest BCUT2D eigenvalue weighted by Crippen LogP contribution is 2.41. The van der Waals surface area contributed by atoms with Crippen LogP contribution in [0, 0.1) is 23.5 Å². The summed E-state index contributed by atoms with van der Waals surface area (Å²) in [5.41, 5.74) is 0.161. The summed E-state index contributed by atoms with van der Waals surface area (Å²) < 4.78 is 68.4. The number of rotatable bonds is 4. The van der Waals surface area contributed by atoms with Crippen molar-refractivity contribution in [3.8, 4) is 0 Å². The number of fused-ring (bicyclic) bond motifs is 3. The second-order valence-corrected chi connectivity index (χ2v) is 9.63. The van der Waals surface area contributed by atoms with Crippen LogP contribution in [0.3, 0.4) is 0 Å². The molecule has 4 heterocycles. The zero-order valence-corrected chi connectivity index (χ0v) is 19.2. The topological polar surface area (TPSA) is 62.1 Å². The fourth-order valence-electron chi connectivity index (χ4n) is 5.71. The molecule has 1 unspecified atom stereocenters. The van der Waals surface area contributed by atoms with Gasteiger partial charge in [-0.05, 0) is 55.4 Å². The van der Waals surface area contributed by atoms with Gasteiger partial charge in [0.25, 0.3) is 0 Å². The highest BCUT2D eigenvalue weighted by molar-refractivity contribution is 5.59. The fourth-order valence-corrected chi connectivity index (χ4v) is 5.71. The third-order valence-corrected chi connectivity index (χ3v) is 7.39. The van der Waals surface area contributed by atoms with Crippen molar-refractivity contribution < 1.29 is 22.0 Å². The van der Waals surface area contributed by atoms with Crippen LogP contribution in [0.25, 0.3) is 0 Å². The summed E-state index contributed by atoms with van der Waals surface area (Å²) in [5.74, 6) is -0.317. The minimum atomic E-state index is -4.48. The lowest BCUT2D eigenvalue weighted by Crippen LogP contribution is -2.48. The Labute approximate surface area is 203 Å². The van der Waals surface area contributed by atoms with E-state index in [9.17, 15) is 22.0 Å². The fraction of sp³-hybridized carbons (Fsp3) is 0.458. The van der Waals surface area contributed by atoms with Gasteiger partial charge in [0.1, 0.15) is 5.69 Å². The molecule has 1 N–H and O–H groups in total. The third kappa shape index (κ3) is 4.11. The van der Waals surface area contributed by atoms with Crippen molar-refractivity contribution in [1.82, 2.24) is 19.7 Å². The molecule has 1 aromatic carbocycles. The molecule has 2 fully saturated rings. The number of benzene rings is 1. The van der Waals surface area contributed by atoms with Crippen molar-refractivity contribution in [2.24, 2.45) is 11.8 Å². The van der Waals surface area contributed by atoms with E-state index in [-0.39, 0.29) is 17.9 Å². The quantitative estimate of drug-likeness (QED) is 0.513. The first-order valence-electron chi connectivity index (χ1n) is 12.0. The summed E-state index contributed by atoms with van der Waals surface area (Å²) in [4.78, 5) is 12.0. The minimum Gasteiger partial charge on any atom is -0.371 e. The maximum Gasteiger partial charge on any atom is 0.433 e. The van der Waals surface area contributed by atoms with Crippen LogP contribution in [0.15, 0.2) is 36.5 Å². The lowest BCUT2D eigenvalue weighted by Gasteiger charge is -2.39. The molecule has 2 bridgehead atoms. The zero-order valence-electron chi connectivity index (χ0n) is 19.2. The maximum atomic E-state index is 13.8. The number of hydrogen-bond donors (Lipinski definition) is 1. The van der Waals surface area contributed by atoms with Crippen molar-refractivity contribution in [3.63, 3.8) is 0 Å². The second kappa shape index (κ2) is 8.59. The summed E-state index contributed by atoms with van der Waals surface area (Å²) in [5, 5.41) is 8.09. The molecule has 2 aromatic heterocycles. The SMILES string of the molecule is Fc1ccc(N2CCCn3nc(NC4[C@@H]5CC[C@H]4CN(c4ccnc(C(F)(F)F)c4)C5)nc32)cc1F. The molecule has 1 aliphatic carbocycles. The van der Waals surface area contributed by atoms with Crippen molar-refractivity contribution in [1.29, 1.82) is 0 Å². The number of alkyl halides is 3. The van der Waals surface area contributed by atoms with E-state index in [2.05, 4.69) is 20.4 Å². The molecule has 12 heteroatoms.